The molecular weight excluding hydrogens is 366 g/mol. The van der Waals surface area contributed by atoms with Gasteiger partial charge >= 0.3 is 0 Å². The van der Waals surface area contributed by atoms with Crippen LogP contribution in [0.3, 0.4) is 0 Å². The van der Waals surface area contributed by atoms with Gasteiger partial charge in [-0.15, -0.1) is 0 Å². The molecule has 1 N–H and O–H groups in total. The predicted molar refractivity (Wildman–Crippen MR) is 92.0 cm³/mol. The zero-order chi connectivity index (χ0) is 16.3. The summed E-state index contributed by atoms with van der Waals surface area (Å²) in [6.45, 7) is 4.03. The summed E-state index contributed by atoms with van der Waals surface area (Å²) in [5.74, 6) is 0.557. The maximum Gasteiger partial charge on any atom is 0.265 e. The predicted octanol–water partition coefficient (Wildman–Crippen LogP) is 4.38. The summed E-state index contributed by atoms with van der Waals surface area (Å²) in [4.78, 5) is 0.143. The number of methoxy groups -OCH3 is 1. The first-order valence-electron chi connectivity index (χ1n) is 6.80. The number of benzene rings is 2. The van der Waals surface area contributed by atoms with Crippen LogP contribution in [0.1, 0.15) is 25.3 Å². The number of halogens is 1. The zero-order valence-corrected chi connectivity index (χ0v) is 15.0. The Bertz CT molecular complexity index is 755. The van der Waals surface area contributed by atoms with Crippen LogP contribution in [0.5, 0.6) is 5.75 Å². The maximum atomic E-state index is 12.6. The van der Waals surface area contributed by atoms with E-state index in [2.05, 4.69) is 20.7 Å². The van der Waals surface area contributed by atoms with Crippen LogP contribution in [0.25, 0.3) is 0 Å². The van der Waals surface area contributed by atoms with Gasteiger partial charge in [-0.2, -0.15) is 0 Å². The number of sulfonamides is 1. The molecule has 0 saturated heterocycles. The van der Waals surface area contributed by atoms with E-state index >= 15 is 0 Å². The average Bonchev–Trinajstić information content (AvgIpc) is 2.48. The molecule has 0 aliphatic heterocycles. The molecule has 118 valence electrons. The first kappa shape index (κ1) is 16.8. The smallest absolute Gasteiger partial charge is 0.265 e. The zero-order valence-electron chi connectivity index (χ0n) is 12.6. The van der Waals surface area contributed by atoms with Gasteiger partial charge in [-0.1, -0.05) is 35.8 Å². The van der Waals surface area contributed by atoms with Crippen LogP contribution in [0.2, 0.25) is 0 Å². The van der Waals surface area contributed by atoms with E-state index in [0.29, 0.717) is 11.4 Å². The second-order valence-corrected chi connectivity index (χ2v) is 7.74. The minimum atomic E-state index is -3.72. The van der Waals surface area contributed by atoms with Crippen molar-refractivity contribution in [3.63, 3.8) is 0 Å². The number of anilines is 1. The summed E-state index contributed by atoms with van der Waals surface area (Å²) in [7, 11) is -2.25. The number of hydrogen-bond donors (Lipinski definition) is 1. The third kappa shape index (κ3) is 3.81. The lowest BCUT2D eigenvalue weighted by Crippen LogP contribution is -2.14. The maximum absolute atomic E-state index is 12.6. The number of nitrogens with one attached hydrogen (secondary N) is 1. The van der Waals surface area contributed by atoms with E-state index < -0.39 is 10.0 Å². The minimum absolute atomic E-state index is 0.143. The Morgan fingerprint density at radius 2 is 1.73 bits per heavy atom. The van der Waals surface area contributed by atoms with E-state index in [1.165, 1.54) is 7.11 Å². The Kier molecular flexibility index (Phi) is 5.13. The Hall–Kier alpha value is -1.53. The van der Waals surface area contributed by atoms with Crippen LogP contribution in [0, 0.1) is 0 Å². The van der Waals surface area contributed by atoms with Gasteiger partial charge in [0.1, 0.15) is 10.6 Å². The average molecular weight is 384 g/mol. The topological polar surface area (TPSA) is 55.4 Å². The van der Waals surface area contributed by atoms with Crippen molar-refractivity contribution >= 4 is 31.6 Å². The molecule has 22 heavy (non-hydrogen) atoms. The van der Waals surface area contributed by atoms with Crippen molar-refractivity contribution in [1.29, 1.82) is 0 Å². The lowest BCUT2D eigenvalue weighted by Gasteiger charge is -2.14. The van der Waals surface area contributed by atoms with Crippen molar-refractivity contribution in [2.75, 3.05) is 11.8 Å². The van der Waals surface area contributed by atoms with E-state index in [1.807, 2.05) is 19.9 Å². The van der Waals surface area contributed by atoms with E-state index in [0.717, 1.165) is 10.0 Å². The van der Waals surface area contributed by atoms with Crippen molar-refractivity contribution in [3.05, 3.63) is 52.5 Å². The highest BCUT2D eigenvalue weighted by Crippen LogP contribution is 2.29. The van der Waals surface area contributed by atoms with Gasteiger partial charge in [-0.25, -0.2) is 8.42 Å². The van der Waals surface area contributed by atoms with Gasteiger partial charge in [0.2, 0.25) is 0 Å². The highest BCUT2D eigenvalue weighted by molar-refractivity contribution is 9.10. The van der Waals surface area contributed by atoms with Crippen molar-refractivity contribution in [2.24, 2.45) is 0 Å². The molecule has 2 aromatic rings. The summed E-state index contributed by atoms with van der Waals surface area (Å²) in [6, 6.07) is 12.2. The third-order valence-electron chi connectivity index (χ3n) is 3.24. The van der Waals surface area contributed by atoms with Gasteiger partial charge in [0.05, 0.1) is 7.11 Å². The van der Waals surface area contributed by atoms with E-state index in [1.54, 1.807) is 36.4 Å². The molecular formula is C16H18BrNO3S. The molecule has 0 aliphatic rings. The van der Waals surface area contributed by atoms with Crippen LogP contribution >= 0.6 is 15.9 Å². The Morgan fingerprint density at radius 3 is 2.27 bits per heavy atom. The first-order chi connectivity index (χ1) is 10.3. The molecule has 0 heterocycles. The fourth-order valence-corrected chi connectivity index (χ4v) is 3.52. The van der Waals surface area contributed by atoms with Gasteiger partial charge < -0.3 is 4.74 Å². The van der Waals surface area contributed by atoms with Crippen molar-refractivity contribution in [3.8, 4) is 5.75 Å². The summed E-state index contributed by atoms with van der Waals surface area (Å²) in [6.07, 6.45) is 0. The SMILES string of the molecule is COc1ccc(C(C)C)cc1S(=O)(=O)Nc1ccc(Br)cc1. The summed E-state index contributed by atoms with van der Waals surface area (Å²) >= 11 is 3.32. The second kappa shape index (κ2) is 6.71. The molecule has 0 fully saturated rings. The first-order valence-corrected chi connectivity index (χ1v) is 9.07. The molecule has 0 radical (unpaired) electrons. The molecule has 6 heteroatoms. The fourth-order valence-electron chi connectivity index (χ4n) is 1.99. The monoisotopic (exact) mass is 383 g/mol. The quantitative estimate of drug-likeness (QED) is 0.832. The largest absolute Gasteiger partial charge is 0.495 e. The molecule has 0 aliphatic carbocycles. The highest BCUT2D eigenvalue weighted by atomic mass is 79.9. The van der Waals surface area contributed by atoms with Crippen LogP contribution < -0.4 is 9.46 Å². The van der Waals surface area contributed by atoms with Crippen LogP contribution in [0.4, 0.5) is 5.69 Å². The van der Waals surface area contributed by atoms with Gasteiger partial charge in [-0.05, 0) is 47.9 Å². The van der Waals surface area contributed by atoms with Crippen LogP contribution in [-0.2, 0) is 10.0 Å². The molecule has 0 spiro atoms. The molecule has 0 unspecified atom stereocenters. The van der Waals surface area contributed by atoms with Crippen molar-refractivity contribution < 1.29 is 13.2 Å². The summed E-state index contributed by atoms with van der Waals surface area (Å²) in [5.41, 5.74) is 1.44. The summed E-state index contributed by atoms with van der Waals surface area (Å²) < 4.78 is 33.9. The number of ether oxygens (including phenoxy) is 1. The normalized spacial score (nSPS) is 11.5. The van der Waals surface area contributed by atoms with Gasteiger partial charge in [0.25, 0.3) is 10.0 Å². The third-order valence-corrected chi connectivity index (χ3v) is 5.17. The highest BCUT2D eigenvalue weighted by Gasteiger charge is 2.21. The second-order valence-electron chi connectivity index (χ2n) is 5.18. The Balaban J connectivity index is 2.43. The standard InChI is InChI=1S/C16H18BrNO3S/c1-11(2)12-4-9-15(21-3)16(10-12)22(19,20)18-14-7-5-13(17)6-8-14/h4-11,18H,1-3H3. The lowest BCUT2D eigenvalue weighted by molar-refractivity contribution is 0.402. The van der Waals surface area contributed by atoms with Gasteiger partial charge in [0, 0.05) is 10.2 Å². The molecule has 0 amide bonds. The fraction of sp³-hybridized carbons (Fsp3) is 0.250. The lowest BCUT2D eigenvalue weighted by atomic mass is 10.0. The molecule has 0 atom stereocenters. The molecule has 2 aromatic carbocycles. The Morgan fingerprint density at radius 1 is 1.09 bits per heavy atom. The van der Waals surface area contributed by atoms with E-state index in [-0.39, 0.29) is 10.8 Å². The Labute approximate surface area is 139 Å². The molecule has 0 bridgehead atoms. The van der Waals surface area contributed by atoms with E-state index in [9.17, 15) is 8.42 Å². The molecule has 0 saturated carbocycles. The van der Waals surface area contributed by atoms with Crippen molar-refractivity contribution in [2.45, 2.75) is 24.7 Å². The van der Waals surface area contributed by atoms with Crippen LogP contribution in [0.15, 0.2) is 51.8 Å². The summed E-state index contributed by atoms with van der Waals surface area (Å²) in [5, 5.41) is 0. The van der Waals surface area contributed by atoms with Crippen LogP contribution in [-0.4, -0.2) is 15.5 Å². The van der Waals surface area contributed by atoms with Gasteiger partial charge in [0.15, 0.2) is 0 Å². The van der Waals surface area contributed by atoms with Gasteiger partial charge in [-0.3, -0.25) is 4.72 Å². The molecule has 4 nitrogen and oxygen atoms in total. The minimum Gasteiger partial charge on any atom is -0.495 e. The molecule has 0 aromatic heterocycles. The van der Waals surface area contributed by atoms with Crippen molar-refractivity contribution in [1.82, 2.24) is 0 Å². The molecule has 2 rings (SSSR count). The number of rotatable bonds is 5. The van der Waals surface area contributed by atoms with E-state index in [4.69, 9.17) is 4.74 Å². The number of hydrogen-bond acceptors (Lipinski definition) is 3.